The van der Waals surface area contributed by atoms with E-state index in [4.69, 9.17) is 5.73 Å². The van der Waals surface area contributed by atoms with Crippen LogP contribution in [0.2, 0.25) is 0 Å². The van der Waals surface area contributed by atoms with E-state index in [1.807, 2.05) is 0 Å². The van der Waals surface area contributed by atoms with Crippen LogP contribution in [0.4, 0.5) is 0 Å². The maximum atomic E-state index is 12.2. The van der Waals surface area contributed by atoms with Crippen molar-refractivity contribution in [2.75, 3.05) is 13.1 Å². The van der Waals surface area contributed by atoms with Crippen LogP contribution < -0.4 is 5.73 Å². The Bertz CT molecular complexity index is 212. The normalized spacial score (nSPS) is 17.1. The molecule has 0 saturated heterocycles. The van der Waals surface area contributed by atoms with Crippen molar-refractivity contribution in [1.82, 2.24) is 4.90 Å². The van der Waals surface area contributed by atoms with Crippen LogP contribution in [-0.4, -0.2) is 29.9 Å². The van der Waals surface area contributed by atoms with E-state index in [1.165, 1.54) is 32.1 Å². The van der Waals surface area contributed by atoms with Crippen LogP contribution in [0, 0.1) is 0 Å². The van der Waals surface area contributed by atoms with Gasteiger partial charge in [-0.2, -0.15) is 0 Å². The molecule has 3 heteroatoms. The number of hydrogen-bond donors (Lipinski definition) is 1. The largest absolute Gasteiger partial charge is 0.340 e. The summed E-state index contributed by atoms with van der Waals surface area (Å²) in [6.07, 6.45) is 10.1. The monoisotopic (exact) mass is 240 g/mol. The minimum atomic E-state index is 0.354. The molecule has 1 rings (SSSR count). The van der Waals surface area contributed by atoms with E-state index < -0.39 is 0 Å². The van der Waals surface area contributed by atoms with E-state index in [9.17, 15) is 4.79 Å². The van der Waals surface area contributed by atoms with Gasteiger partial charge in [0.15, 0.2) is 0 Å². The third kappa shape index (κ3) is 5.07. The number of carbonyl (C=O) groups is 1. The topological polar surface area (TPSA) is 46.3 Å². The average molecular weight is 240 g/mol. The fraction of sp³-hybridized carbons (Fsp3) is 0.929. The van der Waals surface area contributed by atoms with Crippen LogP contribution >= 0.6 is 0 Å². The summed E-state index contributed by atoms with van der Waals surface area (Å²) in [4.78, 5) is 14.3. The van der Waals surface area contributed by atoms with E-state index >= 15 is 0 Å². The van der Waals surface area contributed by atoms with E-state index in [0.717, 1.165) is 32.2 Å². The molecule has 0 bridgehead atoms. The zero-order valence-electron chi connectivity index (χ0n) is 11.3. The van der Waals surface area contributed by atoms with Gasteiger partial charge in [-0.1, -0.05) is 32.6 Å². The molecule has 1 aliphatic rings. The molecule has 0 radical (unpaired) electrons. The first-order valence-corrected chi connectivity index (χ1v) is 7.29. The fourth-order valence-corrected chi connectivity index (χ4v) is 2.64. The lowest BCUT2D eigenvalue weighted by atomic mass is 9.93. The lowest BCUT2D eigenvalue weighted by molar-refractivity contribution is -0.134. The molecule has 3 nitrogen and oxygen atoms in total. The first kappa shape index (κ1) is 14.5. The lowest BCUT2D eigenvalue weighted by Crippen LogP contribution is -2.42. The smallest absolute Gasteiger partial charge is 0.222 e. The van der Waals surface area contributed by atoms with Crippen LogP contribution in [0.3, 0.4) is 0 Å². The minimum Gasteiger partial charge on any atom is -0.340 e. The molecule has 17 heavy (non-hydrogen) atoms. The maximum Gasteiger partial charge on any atom is 0.222 e. The standard InChI is InChI=1S/C14H28N2O/c1-2-3-10-14(17)16(12-7-11-15)13-8-5-4-6-9-13/h13H,2-12,15H2,1H3. The van der Waals surface area contributed by atoms with Gasteiger partial charge in [0.25, 0.3) is 0 Å². The van der Waals surface area contributed by atoms with Gasteiger partial charge in [0, 0.05) is 19.0 Å². The van der Waals surface area contributed by atoms with Crippen molar-refractivity contribution >= 4 is 5.91 Å². The third-order valence-electron chi connectivity index (χ3n) is 3.68. The van der Waals surface area contributed by atoms with Gasteiger partial charge in [-0.3, -0.25) is 4.79 Å². The second-order valence-corrected chi connectivity index (χ2v) is 5.12. The Morgan fingerprint density at radius 2 is 1.94 bits per heavy atom. The summed E-state index contributed by atoms with van der Waals surface area (Å²) in [7, 11) is 0. The van der Waals surface area contributed by atoms with Gasteiger partial charge in [-0.25, -0.2) is 0 Å². The summed E-state index contributed by atoms with van der Waals surface area (Å²) in [5.41, 5.74) is 5.57. The van der Waals surface area contributed by atoms with Crippen LogP contribution in [0.15, 0.2) is 0 Å². The summed E-state index contributed by atoms with van der Waals surface area (Å²) in [5.74, 6) is 0.354. The van der Waals surface area contributed by atoms with Gasteiger partial charge in [0.1, 0.15) is 0 Å². The van der Waals surface area contributed by atoms with E-state index in [2.05, 4.69) is 11.8 Å². The van der Waals surface area contributed by atoms with Crippen molar-refractivity contribution in [2.24, 2.45) is 5.73 Å². The van der Waals surface area contributed by atoms with Crippen molar-refractivity contribution in [3.05, 3.63) is 0 Å². The molecule has 0 aliphatic heterocycles. The Morgan fingerprint density at radius 1 is 1.24 bits per heavy atom. The van der Waals surface area contributed by atoms with Gasteiger partial charge in [-0.15, -0.1) is 0 Å². The van der Waals surface area contributed by atoms with E-state index in [-0.39, 0.29) is 0 Å². The van der Waals surface area contributed by atoms with Gasteiger partial charge in [0.2, 0.25) is 5.91 Å². The van der Waals surface area contributed by atoms with Crippen molar-refractivity contribution in [3.63, 3.8) is 0 Å². The molecule has 1 fully saturated rings. The van der Waals surface area contributed by atoms with Crippen molar-refractivity contribution in [1.29, 1.82) is 0 Å². The summed E-state index contributed by atoms with van der Waals surface area (Å²) in [6.45, 7) is 3.69. The maximum absolute atomic E-state index is 12.2. The zero-order chi connectivity index (χ0) is 12.5. The molecule has 0 aromatic rings. The van der Waals surface area contributed by atoms with Crippen LogP contribution in [-0.2, 0) is 4.79 Å². The number of rotatable bonds is 7. The first-order chi connectivity index (χ1) is 8.29. The Kier molecular flexibility index (Phi) is 7.25. The Morgan fingerprint density at radius 3 is 2.53 bits per heavy atom. The number of nitrogens with two attached hydrogens (primary N) is 1. The molecule has 0 heterocycles. The van der Waals surface area contributed by atoms with Gasteiger partial charge in [0.05, 0.1) is 0 Å². The summed E-state index contributed by atoms with van der Waals surface area (Å²) < 4.78 is 0. The molecule has 1 saturated carbocycles. The molecule has 100 valence electrons. The van der Waals surface area contributed by atoms with E-state index in [1.54, 1.807) is 0 Å². The molecule has 0 aromatic heterocycles. The molecule has 1 amide bonds. The van der Waals surface area contributed by atoms with Gasteiger partial charge < -0.3 is 10.6 Å². The summed E-state index contributed by atoms with van der Waals surface area (Å²) in [6, 6.07) is 0.500. The second kappa shape index (κ2) is 8.51. The van der Waals surface area contributed by atoms with Crippen LogP contribution in [0.5, 0.6) is 0 Å². The third-order valence-corrected chi connectivity index (χ3v) is 3.68. The summed E-state index contributed by atoms with van der Waals surface area (Å²) >= 11 is 0. The van der Waals surface area contributed by atoms with E-state index in [0.29, 0.717) is 18.5 Å². The zero-order valence-corrected chi connectivity index (χ0v) is 11.3. The fourth-order valence-electron chi connectivity index (χ4n) is 2.64. The van der Waals surface area contributed by atoms with Crippen molar-refractivity contribution in [2.45, 2.75) is 70.8 Å². The molecule has 0 spiro atoms. The highest BCUT2D eigenvalue weighted by atomic mass is 16.2. The number of hydrogen-bond acceptors (Lipinski definition) is 2. The molecule has 1 aliphatic carbocycles. The van der Waals surface area contributed by atoms with Crippen LogP contribution in [0.1, 0.15) is 64.7 Å². The molecule has 0 unspecified atom stereocenters. The predicted octanol–water partition coefficient (Wildman–Crippen LogP) is 2.69. The number of carbonyl (C=O) groups excluding carboxylic acids is 1. The van der Waals surface area contributed by atoms with Gasteiger partial charge >= 0.3 is 0 Å². The Balaban J connectivity index is 2.48. The highest BCUT2D eigenvalue weighted by Crippen LogP contribution is 2.23. The quantitative estimate of drug-likeness (QED) is 0.743. The Labute approximate surface area is 106 Å². The first-order valence-electron chi connectivity index (χ1n) is 7.29. The van der Waals surface area contributed by atoms with Crippen LogP contribution in [0.25, 0.3) is 0 Å². The lowest BCUT2D eigenvalue weighted by Gasteiger charge is -2.34. The predicted molar refractivity (Wildman–Crippen MR) is 71.8 cm³/mol. The number of nitrogens with zero attached hydrogens (tertiary/aromatic N) is 1. The Hall–Kier alpha value is -0.570. The second-order valence-electron chi connectivity index (χ2n) is 5.12. The minimum absolute atomic E-state index is 0.354. The van der Waals surface area contributed by atoms with Crippen molar-refractivity contribution in [3.8, 4) is 0 Å². The molecule has 0 aromatic carbocycles. The highest BCUT2D eigenvalue weighted by molar-refractivity contribution is 5.76. The summed E-state index contributed by atoms with van der Waals surface area (Å²) in [5, 5.41) is 0. The number of amides is 1. The molecule has 2 N–H and O–H groups in total. The molecular weight excluding hydrogens is 212 g/mol. The SMILES string of the molecule is CCCCC(=O)N(CCCN)C1CCCCC1. The van der Waals surface area contributed by atoms with Gasteiger partial charge in [-0.05, 0) is 32.2 Å². The molecule has 0 atom stereocenters. The van der Waals surface area contributed by atoms with Crippen molar-refractivity contribution < 1.29 is 4.79 Å². The molecular formula is C14H28N2O. The average Bonchev–Trinajstić information content (AvgIpc) is 2.38. The number of unbranched alkanes of at least 4 members (excludes halogenated alkanes) is 1. The highest BCUT2D eigenvalue weighted by Gasteiger charge is 2.24.